The molecule has 4 fully saturated rings. The van der Waals surface area contributed by atoms with Crippen molar-refractivity contribution < 1.29 is 53.8 Å². The van der Waals surface area contributed by atoms with Gasteiger partial charge in [0.25, 0.3) is 0 Å². The van der Waals surface area contributed by atoms with E-state index in [1.165, 1.54) is 18.2 Å². The van der Waals surface area contributed by atoms with Crippen molar-refractivity contribution in [3.05, 3.63) is 181 Å². The molecule has 0 radical (unpaired) electrons. The summed E-state index contributed by atoms with van der Waals surface area (Å²) < 4.78 is 23.3. The van der Waals surface area contributed by atoms with Gasteiger partial charge in [-0.3, -0.25) is 19.3 Å². The zero-order valence-electron chi connectivity index (χ0n) is 65.6. The number of hydrogen-bond acceptors (Lipinski definition) is 24. The number of benzene rings is 6. The average molecular weight is 1550 g/mol. The number of carbonyl (C=O) groups excluding carboxylic acids is 3. The van der Waals surface area contributed by atoms with Gasteiger partial charge >= 0.3 is 18.0 Å². The van der Waals surface area contributed by atoms with Crippen LogP contribution < -0.4 is 43.6 Å². The van der Waals surface area contributed by atoms with E-state index in [0.29, 0.717) is 142 Å². The molecule has 3 amide bonds. The van der Waals surface area contributed by atoms with Gasteiger partial charge in [0.05, 0.1) is 56.0 Å². The van der Waals surface area contributed by atoms with Crippen LogP contribution in [0.4, 0.5) is 34.5 Å². The van der Waals surface area contributed by atoms with Gasteiger partial charge in [0.15, 0.2) is 0 Å². The number of phenolic OH excluding ortho intramolecular Hbond substituents is 3. The predicted molar refractivity (Wildman–Crippen MR) is 444 cm³/mol. The second-order valence-corrected chi connectivity index (χ2v) is 29.7. The van der Waals surface area contributed by atoms with Gasteiger partial charge in [0, 0.05) is 186 Å². The Hall–Kier alpha value is -11.6. The molecule has 6 aromatic carbocycles. The van der Waals surface area contributed by atoms with E-state index < -0.39 is 6.10 Å². The van der Waals surface area contributed by atoms with Gasteiger partial charge < -0.3 is 83.5 Å². The number of hydrogen-bond donors (Lipinski definition) is 4. The van der Waals surface area contributed by atoms with E-state index in [9.17, 15) is 34.8 Å². The van der Waals surface area contributed by atoms with Crippen LogP contribution in [0.5, 0.6) is 35.3 Å². The molecule has 3 aromatic heterocycles. The van der Waals surface area contributed by atoms with Gasteiger partial charge in [0.2, 0.25) is 17.7 Å². The van der Waals surface area contributed by atoms with E-state index in [0.717, 1.165) is 172 Å². The highest BCUT2D eigenvalue weighted by atomic mass is 16.5. The average Bonchev–Trinajstić information content (AvgIpc) is 0.779. The molecule has 4 saturated heterocycles. The minimum atomic E-state index is -0.591. The predicted octanol–water partition coefficient (Wildman–Crippen LogP) is 9.63. The lowest BCUT2D eigenvalue weighted by atomic mass is 10.0. The molecule has 7 aliphatic rings. The summed E-state index contributed by atoms with van der Waals surface area (Å²) in [6, 6.07) is 36.5. The number of nitrogens with zero attached hydrogens (tertiary/aromatic N) is 16. The van der Waals surface area contributed by atoms with E-state index >= 15 is 0 Å². The molecule has 16 rings (SSSR count). The molecule has 0 saturated carbocycles. The van der Waals surface area contributed by atoms with Crippen LogP contribution >= 0.6 is 0 Å². The van der Waals surface area contributed by atoms with Crippen LogP contribution in [0.3, 0.4) is 0 Å². The van der Waals surface area contributed by atoms with E-state index in [1.807, 2.05) is 83.5 Å². The number of phenols is 3. The number of likely N-dealkylation sites (tertiary alicyclic amines) is 1. The van der Waals surface area contributed by atoms with Crippen LogP contribution in [0, 0.1) is 0 Å². The largest absolute Gasteiger partial charge is 0.508 e. The Kier molecular flexibility index (Phi) is 25.3. The summed E-state index contributed by atoms with van der Waals surface area (Å²) in [4.78, 5) is 86.7. The SMILES string of the molecule is C=CC(=O)N1CCN(c2nc(OCC(O)CC)nc3c2CCN(c2cc(O)cc4ccccc24)C3)CC1.C=CC(=O)N1CCN(c2nc(OCCC)nc3c2CCN(c2cc(O)cc4ccccc24)C3)CC1.C=CC(=O)N1CCN(c2nc(OC[C@@H]3CCCN3CCOC)nc3c2CCN(c2cc(O)cc4ccccc24)C3)CC1. The van der Waals surface area contributed by atoms with Crippen molar-refractivity contribution >= 4 is 84.6 Å². The van der Waals surface area contributed by atoms with Crippen molar-refractivity contribution in [1.82, 2.24) is 49.5 Å². The van der Waals surface area contributed by atoms with Crippen molar-refractivity contribution in [2.45, 2.75) is 90.6 Å². The van der Waals surface area contributed by atoms with Crippen molar-refractivity contribution in [2.75, 3.05) is 174 Å². The highest BCUT2D eigenvalue weighted by molar-refractivity contribution is 5.98. The van der Waals surface area contributed by atoms with Crippen LogP contribution in [0.2, 0.25) is 0 Å². The number of methoxy groups -OCH3 is 1. The summed E-state index contributed by atoms with van der Waals surface area (Å²) in [5.74, 6) is 3.26. The monoisotopic (exact) mass is 1550 g/mol. The number of aliphatic hydroxyl groups is 1. The van der Waals surface area contributed by atoms with Gasteiger partial charge in [-0.25, -0.2) is 0 Å². The molecule has 0 aliphatic carbocycles. The van der Waals surface area contributed by atoms with Crippen LogP contribution in [0.1, 0.15) is 73.3 Å². The first-order valence-corrected chi connectivity index (χ1v) is 40.0. The first-order chi connectivity index (χ1) is 55.6. The summed E-state index contributed by atoms with van der Waals surface area (Å²) in [6.07, 6.45) is 9.49. The Balaban J connectivity index is 0.000000142. The fourth-order valence-electron chi connectivity index (χ4n) is 16.4. The van der Waals surface area contributed by atoms with Gasteiger partial charge in [-0.15, -0.1) is 0 Å². The standard InChI is InChI=1S/C32H40N6O4.C28H33N5O4.C27H31N5O3/c1-3-30(40)36-13-15-37(16-14-36)31-27-10-12-38(29-20-25(39)19-23-7-4-5-9-26(23)29)21-28(27)33-32(34-31)42-22-24-8-6-11-35(24)17-18-41-2;1-3-20(34)18-37-28-29-24-17-33(25-16-21(35)15-19-7-5-6-8-22(19)25)10-9-23(24)27(30-28)32-13-11-31(12-14-32)26(36)4-2;1-3-15-35-27-28-23-18-32(24-17-20(33)16-19-7-5-6-8-21(19)24)10-9-22(23)26(29-27)31-13-11-30(12-14-31)25(34)4-2/h3-5,7,9,19-20,24,39H,1,6,8,10-18,21-22H2,2H3;4-8,15-16,20,34-35H,2-3,9-14,17-18H2,1H3;4-8,16-17,33H,2-3,9-15,18H2,1H3/t24-;;/m0../s1. The zero-order chi connectivity index (χ0) is 79.4. The second-order valence-electron chi connectivity index (χ2n) is 29.7. The first-order valence-electron chi connectivity index (χ1n) is 40.0. The fourth-order valence-corrected chi connectivity index (χ4v) is 16.4. The molecule has 598 valence electrons. The number of amides is 3. The molecular formula is C87H104N16O11. The van der Waals surface area contributed by atoms with Crippen molar-refractivity contribution in [3.8, 4) is 35.3 Å². The Labute approximate surface area is 665 Å². The van der Waals surface area contributed by atoms with Crippen LogP contribution in [0.15, 0.2) is 147 Å². The fraction of sp³-hybridized carbons (Fsp3) is 0.414. The lowest BCUT2D eigenvalue weighted by molar-refractivity contribution is -0.127. The summed E-state index contributed by atoms with van der Waals surface area (Å²) in [6.45, 7) is 30.5. The van der Waals surface area contributed by atoms with E-state index in [1.54, 1.807) is 36.3 Å². The minimum absolute atomic E-state index is 0.0321. The molecule has 27 heteroatoms. The Morgan fingerprint density at radius 3 is 1.19 bits per heavy atom. The lowest BCUT2D eigenvalue weighted by Crippen LogP contribution is -2.49. The number of carbonyl (C=O) groups is 3. The van der Waals surface area contributed by atoms with Crippen LogP contribution in [-0.4, -0.2) is 245 Å². The normalized spacial score (nSPS) is 17.3. The van der Waals surface area contributed by atoms with Gasteiger partial charge in [-0.05, 0) is 104 Å². The zero-order valence-corrected chi connectivity index (χ0v) is 65.6. The molecular weight excluding hydrogens is 1450 g/mol. The number of anilines is 6. The highest BCUT2D eigenvalue weighted by Crippen LogP contribution is 2.41. The molecule has 2 atom stereocenters. The Morgan fingerprint density at radius 2 is 0.833 bits per heavy atom. The summed E-state index contributed by atoms with van der Waals surface area (Å²) in [5.41, 5.74) is 9.07. The third kappa shape index (κ3) is 18.1. The number of aliphatic hydroxyl groups excluding tert-OH is 1. The van der Waals surface area contributed by atoms with Crippen LogP contribution in [0.25, 0.3) is 32.3 Å². The smallest absolute Gasteiger partial charge is 0.318 e. The van der Waals surface area contributed by atoms with Crippen molar-refractivity contribution in [2.24, 2.45) is 0 Å². The van der Waals surface area contributed by atoms with Crippen molar-refractivity contribution in [3.63, 3.8) is 0 Å². The van der Waals surface area contributed by atoms with Gasteiger partial charge in [-0.1, -0.05) is 106 Å². The van der Waals surface area contributed by atoms with Gasteiger partial charge in [0.1, 0.15) is 47.9 Å². The molecule has 7 aliphatic heterocycles. The Morgan fingerprint density at radius 1 is 0.465 bits per heavy atom. The minimum Gasteiger partial charge on any atom is -0.508 e. The summed E-state index contributed by atoms with van der Waals surface area (Å²) >= 11 is 0. The molecule has 9 aromatic rings. The highest BCUT2D eigenvalue weighted by Gasteiger charge is 2.35. The third-order valence-corrected chi connectivity index (χ3v) is 22.6. The summed E-state index contributed by atoms with van der Waals surface area (Å²) in [5, 5.41) is 47.5. The molecule has 0 bridgehead atoms. The maximum Gasteiger partial charge on any atom is 0.318 e. The molecule has 0 spiro atoms. The second kappa shape index (κ2) is 36.5. The number of piperazine rings is 3. The van der Waals surface area contributed by atoms with Crippen molar-refractivity contribution in [1.29, 1.82) is 0 Å². The van der Waals surface area contributed by atoms with E-state index in [4.69, 9.17) is 48.9 Å². The van der Waals surface area contributed by atoms with E-state index in [2.05, 4.69) is 79.2 Å². The van der Waals surface area contributed by atoms with Gasteiger partial charge in [-0.2, -0.15) is 29.9 Å². The topological polar surface area (TPSA) is 279 Å². The summed E-state index contributed by atoms with van der Waals surface area (Å²) in [7, 11) is 1.74. The quantitative estimate of drug-likeness (QED) is 0.0459. The number of fused-ring (bicyclic) bond motifs is 6. The molecule has 114 heavy (non-hydrogen) atoms. The van der Waals surface area contributed by atoms with E-state index in [-0.39, 0.29) is 47.6 Å². The number of ether oxygens (including phenoxy) is 4. The number of rotatable bonds is 22. The molecule has 10 heterocycles. The first kappa shape index (κ1) is 79.1. The maximum absolute atomic E-state index is 12.2. The van der Waals surface area contributed by atoms with Crippen LogP contribution in [-0.2, 0) is 58.0 Å². The molecule has 1 unspecified atom stereocenters. The molecule has 27 nitrogen and oxygen atoms in total. The number of aromatic hydroxyl groups is 3. The maximum atomic E-state index is 12.2. The molecule has 4 N–H and O–H groups in total. The number of aromatic nitrogens is 6. The lowest BCUT2D eigenvalue weighted by Gasteiger charge is -2.38. The third-order valence-electron chi connectivity index (χ3n) is 22.6. The Bertz CT molecular complexity index is 4970.